The van der Waals surface area contributed by atoms with E-state index in [1.54, 1.807) is 0 Å². The summed E-state index contributed by atoms with van der Waals surface area (Å²) in [5.41, 5.74) is 5.22. The lowest BCUT2D eigenvalue weighted by atomic mass is 10.2. The van der Waals surface area contributed by atoms with Crippen LogP contribution in [0.1, 0.15) is 0 Å². The van der Waals surface area contributed by atoms with E-state index in [1.807, 2.05) is 94.1 Å². The summed E-state index contributed by atoms with van der Waals surface area (Å²) in [4.78, 5) is 0. The molecule has 0 saturated carbocycles. The van der Waals surface area contributed by atoms with Gasteiger partial charge in [0.1, 0.15) is 6.61 Å². The van der Waals surface area contributed by atoms with E-state index < -0.39 is 5.97 Å². The molecule has 0 N–H and O–H groups in total. The molecule has 244 valence electrons. The van der Waals surface area contributed by atoms with Gasteiger partial charge in [-0.05, 0) is 11.5 Å². The molecule has 0 spiro atoms. The SMILES string of the molecule is C=C1CSCC(COC(COC2CSCC(=C)CSC2)(OC2CSCC(=C)CSC2)OC2CSCC(=C)CSC2)CSC1. The minimum Gasteiger partial charge on any atom is -0.368 e. The molecule has 0 radical (unpaired) electrons. The highest BCUT2D eigenvalue weighted by Gasteiger charge is 2.42. The van der Waals surface area contributed by atoms with Gasteiger partial charge in [0.25, 0.3) is 0 Å². The molecule has 0 bridgehead atoms. The Morgan fingerprint density at radius 1 is 0.488 bits per heavy atom. The van der Waals surface area contributed by atoms with Crippen molar-refractivity contribution in [1.82, 2.24) is 0 Å². The zero-order chi connectivity index (χ0) is 30.3. The average Bonchev–Trinajstić information content (AvgIpc) is 2.93. The molecule has 4 aliphatic heterocycles. The van der Waals surface area contributed by atoms with Crippen LogP contribution in [0.3, 0.4) is 0 Å². The molecular formula is C31H48O4S8. The van der Waals surface area contributed by atoms with E-state index in [-0.39, 0.29) is 24.9 Å². The lowest BCUT2D eigenvalue weighted by Crippen LogP contribution is -2.52. The number of hydrogen-bond donors (Lipinski definition) is 0. The molecule has 0 aromatic carbocycles. The minimum atomic E-state index is -1.24. The molecule has 4 nitrogen and oxygen atoms in total. The van der Waals surface area contributed by atoms with Crippen LogP contribution in [-0.4, -0.2) is 130 Å². The molecule has 0 aromatic heterocycles. The topological polar surface area (TPSA) is 36.9 Å². The first kappa shape index (κ1) is 37.4. The summed E-state index contributed by atoms with van der Waals surface area (Å²) in [7, 11) is 0. The molecule has 4 saturated heterocycles. The summed E-state index contributed by atoms with van der Waals surface area (Å²) < 4.78 is 27.7. The molecule has 0 unspecified atom stereocenters. The number of hydrogen-bond acceptors (Lipinski definition) is 12. The standard InChI is InChI=1S/C31H48O4S8/c1-23-6-36-14-27(15-37-7-23)5-33-31(34-29-18-40-10-25(3)11-41-19-29,35-30-20-42-12-26(4)13-43-21-30)22-32-28-16-38-8-24(2)9-39-17-28/h27-30H,1-22H2. The number of rotatable bonds is 10. The third-order valence-corrected chi connectivity index (χ3v) is 16.7. The van der Waals surface area contributed by atoms with Crippen molar-refractivity contribution in [2.45, 2.75) is 24.3 Å². The van der Waals surface area contributed by atoms with Crippen LogP contribution in [0.15, 0.2) is 48.6 Å². The highest BCUT2D eigenvalue weighted by atomic mass is 32.2. The lowest BCUT2D eigenvalue weighted by molar-refractivity contribution is -0.414. The average molecular weight is 741 g/mol. The predicted molar refractivity (Wildman–Crippen MR) is 207 cm³/mol. The van der Waals surface area contributed by atoms with Gasteiger partial charge in [0, 0.05) is 86.5 Å². The lowest BCUT2D eigenvalue weighted by Gasteiger charge is -2.40. The molecule has 4 aliphatic rings. The van der Waals surface area contributed by atoms with Crippen LogP contribution in [0.4, 0.5) is 0 Å². The maximum Gasteiger partial charge on any atom is 0.308 e. The van der Waals surface area contributed by atoms with Crippen molar-refractivity contribution >= 4 is 94.1 Å². The Kier molecular flexibility index (Phi) is 18.1. The Hall–Kier alpha value is 1.60. The van der Waals surface area contributed by atoms with E-state index in [1.165, 1.54) is 22.3 Å². The summed E-state index contributed by atoms with van der Waals surface area (Å²) >= 11 is 15.4. The number of thioether (sulfide) groups is 8. The second-order valence-electron chi connectivity index (χ2n) is 11.4. The van der Waals surface area contributed by atoms with Gasteiger partial charge in [0.2, 0.25) is 0 Å². The van der Waals surface area contributed by atoms with Gasteiger partial charge < -0.3 is 18.9 Å². The summed E-state index contributed by atoms with van der Waals surface area (Å²) in [6, 6.07) is 0. The van der Waals surface area contributed by atoms with Gasteiger partial charge in [-0.15, -0.1) is 0 Å². The van der Waals surface area contributed by atoms with Gasteiger partial charge in [-0.3, -0.25) is 0 Å². The monoisotopic (exact) mass is 740 g/mol. The number of ether oxygens (including phenoxy) is 4. The molecule has 0 amide bonds. The fourth-order valence-electron chi connectivity index (χ4n) is 4.61. The van der Waals surface area contributed by atoms with Gasteiger partial charge in [0.15, 0.2) is 0 Å². The maximum atomic E-state index is 7.04. The van der Waals surface area contributed by atoms with E-state index in [0.29, 0.717) is 12.5 Å². The van der Waals surface area contributed by atoms with Gasteiger partial charge in [-0.1, -0.05) is 48.6 Å². The van der Waals surface area contributed by atoms with E-state index in [9.17, 15) is 0 Å². The molecule has 0 aromatic rings. The molecule has 12 heteroatoms. The molecule has 43 heavy (non-hydrogen) atoms. The maximum absolute atomic E-state index is 7.04. The van der Waals surface area contributed by atoms with Crippen LogP contribution in [-0.2, 0) is 18.9 Å². The highest BCUT2D eigenvalue weighted by Crippen LogP contribution is 2.33. The summed E-state index contributed by atoms with van der Waals surface area (Å²) in [6.45, 7) is 17.8. The zero-order valence-electron chi connectivity index (χ0n) is 25.3. The molecular weight excluding hydrogens is 693 g/mol. The summed E-state index contributed by atoms with van der Waals surface area (Å²) in [5, 5.41) is 0. The van der Waals surface area contributed by atoms with Gasteiger partial charge in [-0.2, -0.15) is 94.1 Å². The molecule has 4 heterocycles. The third kappa shape index (κ3) is 14.7. The fourth-order valence-corrected chi connectivity index (χ4v) is 13.6. The van der Waals surface area contributed by atoms with Gasteiger partial charge in [-0.25, -0.2) is 0 Å². The van der Waals surface area contributed by atoms with Crippen molar-refractivity contribution in [2.24, 2.45) is 5.92 Å². The summed E-state index contributed by atoms with van der Waals surface area (Å²) in [5.74, 6) is 14.7. The summed E-state index contributed by atoms with van der Waals surface area (Å²) in [6.07, 6.45) is 0.133. The molecule has 0 atom stereocenters. The van der Waals surface area contributed by atoms with Crippen molar-refractivity contribution in [3.05, 3.63) is 48.6 Å². The largest absolute Gasteiger partial charge is 0.368 e. The van der Waals surface area contributed by atoms with Gasteiger partial charge in [0.05, 0.1) is 24.9 Å². The second kappa shape index (κ2) is 20.9. The fraction of sp³-hybridized carbons (Fsp3) is 0.742. The van der Waals surface area contributed by atoms with Crippen LogP contribution in [0.2, 0.25) is 0 Å². The van der Waals surface area contributed by atoms with Crippen LogP contribution < -0.4 is 0 Å². The molecule has 4 fully saturated rings. The zero-order valence-corrected chi connectivity index (χ0v) is 31.8. The first-order valence-corrected chi connectivity index (χ1v) is 24.0. The van der Waals surface area contributed by atoms with Crippen molar-refractivity contribution in [2.75, 3.05) is 105 Å². The Balaban J connectivity index is 1.52. The quantitative estimate of drug-likeness (QED) is 0.164. The highest BCUT2D eigenvalue weighted by molar-refractivity contribution is 8.02. The first-order chi connectivity index (χ1) is 20.9. The Bertz CT molecular complexity index is 798. The van der Waals surface area contributed by atoms with Crippen molar-refractivity contribution < 1.29 is 18.9 Å². The van der Waals surface area contributed by atoms with Crippen LogP contribution in [0.25, 0.3) is 0 Å². The third-order valence-electron chi connectivity index (χ3n) is 6.71. The first-order valence-electron chi connectivity index (χ1n) is 14.8. The van der Waals surface area contributed by atoms with E-state index in [4.69, 9.17) is 18.9 Å². The van der Waals surface area contributed by atoms with Crippen molar-refractivity contribution in [1.29, 1.82) is 0 Å². The normalized spacial score (nSPS) is 24.7. The van der Waals surface area contributed by atoms with Crippen LogP contribution in [0, 0.1) is 5.92 Å². The van der Waals surface area contributed by atoms with Gasteiger partial charge >= 0.3 is 5.97 Å². The van der Waals surface area contributed by atoms with E-state index >= 15 is 0 Å². The van der Waals surface area contributed by atoms with E-state index in [0.717, 1.165) is 92.0 Å². The van der Waals surface area contributed by atoms with Crippen LogP contribution in [0.5, 0.6) is 0 Å². The minimum absolute atomic E-state index is 0.00848. The molecule has 0 aliphatic carbocycles. The molecule has 4 rings (SSSR count). The second-order valence-corrected chi connectivity index (χ2v) is 19.6. The Labute approximate surface area is 294 Å². The Morgan fingerprint density at radius 3 is 1.19 bits per heavy atom. The predicted octanol–water partition coefficient (Wildman–Crippen LogP) is 7.57. The Morgan fingerprint density at radius 2 is 0.814 bits per heavy atom. The van der Waals surface area contributed by atoms with Crippen molar-refractivity contribution in [3.8, 4) is 0 Å². The van der Waals surface area contributed by atoms with E-state index in [2.05, 4.69) is 26.3 Å². The smallest absolute Gasteiger partial charge is 0.308 e. The van der Waals surface area contributed by atoms with Crippen LogP contribution >= 0.6 is 94.1 Å². The van der Waals surface area contributed by atoms with Crippen molar-refractivity contribution in [3.63, 3.8) is 0 Å².